The number of nitrogens with zero attached hydrogens (tertiary/aromatic N) is 2. The summed E-state index contributed by atoms with van der Waals surface area (Å²) in [4.78, 5) is 18.2. The lowest BCUT2D eigenvalue weighted by Crippen LogP contribution is -2.52. The van der Waals surface area contributed by atoms with Crippen LogP contribution in [0.25, 0.3) is 0 Å². The van der Waals surface area contributed by atoms with Crippen molar-refractivity contribution in [3.63, 3.8) is 0 Å². The van der Waals surface area contributed by atoms with E-state index in [0.29, 0.717) is 56.6 Å². The molecule has 2 aliphatic rings. The number of carbonyl (C=O) groups excluding carboxylic acids is 1. The number of carbonyl (C=O) groups is 1. The Balaban J connectivity index is 1.62. The van der Waals surface area contributed by atoms with Crippen LogP contribution in [0, 0.1) is 18.2 Å². The number of rotatable bonds is 3. The zero-order chi connectivity index (χ0) is 17.9. The van der Waals surface area contributed by atoms with Crippen molar-refractivity contribution in [2.24, 2.45) is 10.7 Å². The Bertz CT molecular complexity index is 733. The number of piperidine rings is 1. The molecule has 132 valence electrons. The van der Waals surface area contributed by atoms with Gasteiger partial charge in [0.1, 0.15) is 17.3 Å². The van der Waals surface area contributed by atoms with Gasteiger partial charge in [0.2, 0.25) is 0 Å². The Morgan fingerprint density at radius 2 is 2.24 bits per heavy atom. The average molecular weight is 344 g/mol. The molecule has 1 fully saturated rings. The number of fused-ring (bicyclic) bond motifs is 1. The second kappa shape index (κ2) is 7.01. The number of hydrogen-bond donors (Lipinski definition) is 2. The molecule has 1 aromatic carbocycles. The highest BCUT2D eigenvalue weighted by Gasteiger charge is 2.39. The first-order valence-corrected chi connectivity index (χ1v) is 8.32. The van der Waals surface area contributed by atoms with Gasteiger partial charge in [-0.15, -0.1) is 12.3 Å². The first-order valence-electron chi connectivity index (χ1n) is 8.32. The maximum absolute atomic E-state index is 13.9. The van der Waals surface area contributed by atoms with Gasteiger partial charge < -0.3 is 20.7 Å². The number of amides is 1. The van der Waals surface area contributed by atoms with Crippen molar-refractivity contribution in [2.75, 3.05) is 25.0 Å². The molecular weight excluding hydrogens is 323 g/mol. The maximum Gasteiger partial charge on any atom is 0.409 e. The summed E-state index contributed by atoms with van der Waals surface area (Å²) in [5.41, 5.74) is 6.33. The number of ether oxygens (including phenoxy) is 1. The van der Waals surface area contributed by atoms with Crippen LogP contribution in [0.3, 0.4) is 0 Å². The number of anilines is 1. The summed E-state index contributed by atoms with van der Waals surface area (Å²) in [6.07, 6.45) is 7.22. The van der Waals surface area contributed by atoms with Crippen molar-refractivity contribution in [3.05, 3.63) is 29.6 Å². The molecule has 7 heteroatoms. The van der Waals surface area contributed by atoms with E-state index in [0.717, 1.165) is 0 Å². The van der Waals surface area contributed by atoms with Gasteiger partial charge in [0, 0.05) is 38.0 Å². The third-order valence-electron chi connectivity index (χ3n) is 4.51. The Hall–Kier alpha value is -2.75. The summed E-state index contributed by atoms with van der Waals surface area (Å²) in [6.45, 7) is 1.30. The molecule has 1 saturated heterocycles. The molecule has 0 radical (unpaired) electrons. The Morgan fingerprint density at radius 3 is 2.96 bits per heavy atom. The van der Waals surface area contributed by atoms with Crippen LogP contribution in [0.2, 0.25) is 0 Å². The number of halogens is 1. The van der Waals surface area contributed by atoms with Gasteiger partial charge in [0.25, 0.3) is 0 Å². The number of nitrogens with one attached hydrogen (secondary N) is 1. The van der Waals surface area contributed by atoms with Gasteiger partial charge in [-0.2, -0.15) is 0 Å². The van der Waals surface area contributed by atoms with E-state index >= 15 is 0 Å². The number of aliphatic imine (C=N–C) groups is 1. The number of nitrogens with two attached hydrogens (primary N) is 1. The molecule has 1 aromatic rings. The highest BCUT2D eigenvalue weighted by Crippen LogP contribution is 2.35. The predicted octanol–water partition coefficient (Wildman–Crippen LogP) is 2.30. The highest BCUT2D eigenvalue weighted by atomic mass is 19.1. The minimum atomic E-state index is -0.606. The summed E-state index contributed by atoms with van der Waals surface area (Å²) in [7, 11) is 0. The summed E-state index contributed by atoms with van der Waals surface area (Å²) in [5.74, 6) is 2.31. The lowest BCUT2D eigenvalue weighted by Gasteiger charge is -2.42. The van der Waals surface area contributed by atoms with E-state index in [1.165, 1.54) is 6.07 Å². The average Bonchev–Trinajstić information content (AvgIpc) is 2.59. The van der Waals surface area contributed by atoms with Crippen LogP contribution in [0.5, 0.6) is 0 Å². The number of terminal acetylenes is 1. The lowest BCUT2D eigenvalue weighted by molar-refractivity contribution is 0.0860. The van der Waals surface area contributed by atoms with Gasteiger partial charge in [0.05, 0.1) is 12.2 Å². The molecule has 1 spiro atoms. The number of benzene rings is 1. The van der Waals surface area contributed by atoms with E-state index in [1.807, 2.05) is 0 Å². The van der Waals surface area contributed by atoms with Crippen molar-refractivity contribution < 1.29 is 13.9 Å². The fraction of sp³-hybridized carbons (Fsp3) is 0.444. The third kappa shape index (κ3) is 3.53. The van der Waals surface area contributed by atoms with Crippen LogP contribution < -0.4 is 11.1 Å². The van der Waals surface area contributed by atoms with Crippen LogP contribution in [0.4, 0.5) is 14.9 Å². The van der Waals surface area contributed by atoms with E-state index in [4.69, 9.17) is 16.9 Å². The molecule has 0 atom stereocenters. The number of likely N-dealkylation sites (tertiary alicyclic amines) is 1. The first kappa shape index (κ1) is 17.1. The van der Waals surface area contributed by atoms with E-state index < -0.39 is 11.5 Å². The van der Waals surface area contributed by atoms with Gasteiger partial charge in [-0.25, -0.2) is 14.2 Å². The minimum Gasteiger partial charge on any atom is -0.449 e. The van der Waals surface area contributed by atoms with E-state index in [9.17, 15) is 9.18 Å². The minimum absolute atomic E-state index is 0.192. The second-order valence-corrected chi connectivity index (χ2v) is 6.23. The van der Waals surface area contributed by atoms with Crippen molar-refractivity contribution in [1.29, 1.82) is 0 Å². The third-order valence-corrected chi connectivity index (χ3v) is 4.51. The monoisotopic (exact) mass is 344 g/mol. The summed E-state index contributed by atoms with van der Waals surface area (Å²) in [6, 6.07) is 4.78. The molecule has 6 nitrogen and oxygen atoms in total. The standard InChI is InChI=1S/C18H21FN4O2/c1-2-3-4-12-25-17(24)23-10-8-18(9-11-23)21-14-7-5-6-13(19)15(14)16(20)22-18/h1,5-7,21H,3-4,8-12H2,(H2,20,22). The zero-order valence-electron chi connectivity index (χ0n) is 13.9. The summed E-state index contributed by atoms with van der Waals surface area (Å²) in [5, 5.41) is 3.29. The van der Waals surface area contributed by atoms with E-state index in [-0.39, 0.29) is 11.9 Å². The fourth-order valence-corrected chi connectivity index (χ4v) is 3.17. The van der Waals surface area contributed by atoms with Crippen LogP contribution >= 0.6 is 0 Å². The fourth-order valence-electron chi connectivity index (χ4n) is 3.17. The molecule has 0 unspecified atom stereocenters. The van der Waals surface area contributed by atoms with Crippen LogP contribution in [0.15, 0.2) is 23.2 Å². The Morgan fingerprint density at radius 1 is 1.48 bits per heavy atom. The molecule has 1 amide bonds. The molecule has 3 rings (SSSR count). The molecule has 25 heavy (non-hydrogen) atoms. The quantitative estimate of drug-likeness (QED) is 0.651. The van der Waals surface area contributed by atoms with Gasteiger partial charge in [-0.3, -0.25) is 0 Å². The van der Waals surface area contributed by atoms with E-state index in [1.54, 1.807) is 17.0 Å². The summed E-state index contributed by atoms with van der Waals surface area (Å²) >= 11 is 0. The molecule has 2 heterocycles. The number of unbranched alkanes of at least 4 members (excludes halogenated alkanes) is 1. The first-order chi connectivity index (χ1) is 12.0. The molecule has 3 N–H and O–H groups in total. The lowest BCUT2D eigenvalue weighted by atomic mass is 9.94. The van der Waals surface area contributed by atoms with Gasteiger partial charge in [0.15, 0.2) is 0 Å². The largest absolute Gasteiger partial charge is 0.449 e. The molecule has 2 aliphatic heterocycles. The predicted molar refractivity (Wildman–Crippen MR) is 93.7 cm³/mol. The van der Waals surface area contributed by atoms with Gasteiger partial charge in [-0.05, 0) is 18.6 Å². The molecule has 0 bridgehead atoms. The highest BCUT2D eigenvalue weighted by molar-refractivity contribution is 6.04. The Labute approximate surface area is 146 Å². The number of hydrogen-bond acceptors (Lipinski definition) is 5. The molecular formula is C18H21FN4O2. The maximum atomic E-state index is 13.9. The van der Waals surface area contributed by atoms with Crippen molar-refractivity contribution in [1.82, 2.24) is 4.90 Å². The topological polar surface area (TPSA) is 80.0 Å². The molecule has 0 aliphatic carbocycles. The van der Waals surface area contributed by atoms with Gasteiger partial charge in [-0.1, -0.05) is 6.07 Å². The zero-order valence-corrected chi connectivity index (χ0v) is 13.9. The van der Waals surface area contributed by atoms with Crippen molar-refractivity contribution in [2.45, 2.75) is 31.3 Å². The van der Waals surface area contributed by atoms with Crippen LogP contribution in [-0.4, -0.2) is 42.2 Å². The molecule has 0 aromatic heterocycles. The second-order valence-electron chi connectivity index (χ2n) is 6.23. The smallest absolute Gasteiger partial charge is 0.409 e. The van der Waals surface area contributed by atoms with E-state index in [2.05, 4.69) is 16.2 Å². The summed E-state index contributed by atoms with van der Waals surface area (Å²) < 4.78 is 19.1. The van der Waals surface area contributed by atoms with Crippen LogP contribution in [-0.2, 0) is 4.74 Å². The van der Waals surface area contributed by atoms with Gasteiger partial charge >= 0.3 is 6.09 Å². The number of amidine groups is 1. The van der Waals surface area contributed by atoms with Crippen LogP contribution in [0.1, 0.15) is 31.2 Å². The van der Waals surface area contributed by atoms with Crippen molar-refractivity contribution >= 4 is 17.6 Å². The molecule has 0 saturated carbocycles. The van der Waals surface area contributed by atoms with Crippen molar-refractivity contribution in [3.8, 4) is 12.3 Å². The SMILES string of the molecule is C#CCCCOC(=O)N1CCC2(CC1)N=C(N)c1c(F)cccc1N2. The Kier molecular flexibility index (Phi) is 4.79. The normalized spacial score (nSPS) is 17.9.